The summed E-state index contributed by atoms with van der Waals surface area (Å²) in [5.74, 6) is 0.650. The van der Waals surface area contributed by atoms with E-state index < -0.39 is 0 Å². The van der Waals surface area contributed by atoms with E-state index in [2.05, 4.69) is 152 Å². The molecule has 0 saturated heterocycles. The zero-order valence-electron chi connectivity index (χ0n) is 33.7. The van der Waals surface area contributed by atoms with Crippen LogP contribution in [0.5, 0.6) is 0 Å². The molecule has 9 aromatic carbocycles. The molecule has 13 aromatic rings. The van der Waals surface area contributed by atoms with Crippen molar-refractivity contribution >= 4 is 65.8 Å². The maximum Gasteiger partial charge on any atom is 0.160 e. The molecule has 294 valence electrons. The van der Waals surface area contributed by atoms with E-state index in [1.165, 1.54) is 0 Å². The van der Waals surface area contributed by atoms with Crippen molar-refractivity contribution in [1.82, 2.24) is 9.97 Å². The first-order valence-corrected chi connectivity index (χ1v) is 21.1. The van der Waals surface area contributed by atoms with E-state index in [9.17, 15) is 0 Å². The van der Waals surface area contributed by atoms with Crippen LogP contribution in [0.25, 0.3) is 133 Å². The van der Waals surface area contributed by atoms with Crippen LogP contribution in [-0.4, -0.2) is 9.97 Å². The molecule has 0 unspecified atom stereocenters. The highest BCUT2D eigenvalue weighted by Gasteiger charge is 2.18. The van der Waals surface area contributed by atoms with Gasteiger partial charge in [0.1, 0.15) is 33.5 Å². The fourth-order valence-corrected chi connectivity index (χ4v) is 9.20. The van der Waals surface area contributed by atoms with Crippen LogP contribution in [0.4, 0.5) is 0 Å². The molecule has 0 aliphatic heterocycles. The summed E-state index contributed by atoms with van der Waals surface area (Å²) < 4.78 is 19.0. The Bertz CT molecular complexity index is 3930. The Balaban J connectivity index is 1.01. The van der Waals surface area contributed by atoms with E-state index in [0.29, 0.717) is 5.82 Å². The highest BCUT2D eigenvalue weighted by Crippen LogP contribution is 2.41. The van der Waals surface area contributed by atoms with Crippen molar-refractivity contribution in [2.24, 2.45) is 0 Å². The number of rotatable bonds is 6. The summed E-state index contributed by atoms with van der Waals surface area (Å²) in [6.07, 6.45) is 0. The molecular weight excluding hydrogens is 773 g/mol. The maximum atomic E-state index is 6.62. The lowest BCUT2D eigenvalue weighted by Gasteiger charge is -2.14. The molecule has 0 aliphatic rings. The molecule has 5 heteroatoms. The van der Waals surface area contributed by atoms with Crippen molar-refractivity contribution in [3.8, 4) is 67.3 Å². The Morgan fingerprint density at radius 2 is 0.714 bits per heavy atom. The molecule has 0 amide bonds. The van der Waals surface area contributed by atoms with Gasteiger partial charge in [-0.2, -0.15) is 0 Å². The predicted octanol–water partition coefficient (Wildman–Crippen LogP) is 16.2. The minimum Gasteiger partial charge on any atom is -0.456 e. The van der Waals surface area contributed by atoms with Gasteiger partial charge in [0.2, 0.25) is 0 Å². The topological polar surface area (TPSA) is 65.2 Å². The van der Waals surface area contributed by atoms with Crippen LogP contribution in [0.3, 0.4) is 0 Å². The molecule has 0 aliphatic carbocycles. The number of furan rings is 3. The van der Waals surface area contributed by atoms with Gasteiger partial charge in [-0.05, 0) is 101 Å². The van der Waals surface area contributed by atoms with Gasteiger partial charge in [-0.3, -0.25) is 0 Å². The number of fused-ring (bicyclic) bond motifs is 9. The Kier molecular flexibility index (Phi) is 7.84. The summed E-state index contributed by atoms with van der Waals surface area (Å²) in [5, 5.41) is 6.54. The quantitative estimate of drug-likeness (QED) is 0.167. The molecule has 0 bridgehead atoms. The average molecular weight is 807 g/mol. The van der Waals surface area contributed by atoms with Gasteiger partial charge in [-0.25, -0.2) is 9.97 Å². The Hall–Kier alpha value is -8.54. The predicted molar refractivity (Wildman–Crippen MR) is 256 cm³/mol. The van der Waals surface area contributed by atoms with Gasteiger partial charge in [0.25, 0.3) is 0 Å². The van der Waals surface area contributed by atoms with E-state index >= 15 is 0 Å². The largest absolute Gasteiger partial charge is 0.456 e. The summed E-state index contributed by atoms with van der Waals surface area (Å²) in [7, 11) is 0. The molecule has 0 fully saturated rings. The molecule has 63 heavy (non-hydrogen) atoms. The fourth-order valence-electron chi connectivity index (χ4n) is 9.20. The monoisotopic (exact) mass is 806 g/mol. The Morgan fingerprint density at radius 1 is 0.254 bits per heavy atom. The Labute approximate surface area is 361 Å². The minimum absolute atomic E-state index is 0.650. The van der Waals surface area contributed by atoms with Gasteiger partial charge >= 0.3 is 0 Å². The zero-order chi connectivity index (χ0) is 41.4. The lowest BCUT2D eigenvalue weighted by molar-refractivity contribution is 0.668. The number of benzene rings is 9. The third-order valence-corrected chi connectivity index (χ3v) is 12.3. The first-order valence-electron chi connectivity index (χ1n) is 21.1. The molecule has 0 atom stereocenters. The van der Waals surface area contributed by atoms with Crippen LogP contribution >= 0.6 is 0 Å². The van der Waals surface area contributed by atoms with Crippen molar-refractivity contribution < 1.29 is 13.3 Å². The highest BCUT2D eigenvalue weighted by molar-refractivity contribution is 6.11. The zero-order valence-corrected chi connectivity index (χ0v) is 33.7. The van der Waals surface area contributed by atoms with Crippen molar-refractivity contribution in [2.45, 2.75) is 0 Å². The fraction of sp³-hybridized carbons (Fsp3) is 0. The van der Waals surface area contributed by atoms with E-state index in [-0.39, 0.29) is 0 Å². The van der Waals surface area contributed by atoms with E-state index in [1.54, 1.807) is 0 Å². The lowest BCUT2D eigenvalue weighted by Crippen LogP contribution is -1.97. The molecule has 0 N–H and O–H groups in total. The van der Waals surface area contributed by atoms with Gasteiger partial charge in [0, 0.05) is 54.6 Å². The van der Waals surface area contributed by atoms with Gasteiger partial charge in [0.05, 0.1) is 11.4 Å². The van der Waals surface area contributed by atoms with E-state index in [1.807, 2.05) is 54.6 Å². The van der Waals surface area contributed by atoms with Gasteiger partial charge < -0.3 is 13.3 Å². The number of aromatic nitrogens is 2. The second-order valence-electron chi connectivity index (χ2n) is 16.1. The number of para-hydroxylation sites is 4. The van der Waals surface area contributed by atoms with Gasteiger partial charge in [0.15, 0.2) is 5.82 Å². The first-order chi connectivity index (χ1) is 31.2. The van der Waals surface area contributed by atoms with Crippen LogP contribution in [0, 0.1) is 0 Å². The van der Waals surface area contributed by atoms with Crippen molar-refractivity contribution in [2.75, 3.05) is 0 Å². The summed E-state index contributed by atoms with van der Waals surface area (Å²) in [6.45, 7) is 0. The normalized spacial score (nSPS) is 11.8. The number of hydrogen-bond donors (Lipinski definition) is 0. The molecule has 4 heterocycles. The molecule has 13 rings (SSSR count). The molecule has 0 spiro atoms. The summed E-state index contributed by atoms with van der Waals surface area (Å²) in [4.78, 5) is 10.6. The van der Waals surface area contributed by atoms with Crippen LogP contribution in [-0.2, 0) is 0 Å². The summed E-state index contributed by atoms with van der Waals surface area (Å²) >= 11 is 0. The standard InChI is InChI=1S/C58H34N2O3/c1-2-12-35(13-3-1)58-59-50(39-15-10-14-36(28-39)37-24-26-55-48(32-37)45-17-5-7-21-52(45)61-55)34-51(60-58)42-30-40(38-25-27-56-49(33-38)46-18-6-8-22-53(46)62-56)29-41(31-42)43-19-11-20-47-44-16-4-9-23-54(44)63-57(43)47/h1-34H. The highest BCUT2D eigenvalue weighted by atomic mass is 16.3. The first kappa shape index (κ1) is 35.2. The van der Waals surface area contributed by atoms with Crippen LogP contribution in [0.15, 0.2) is 220 Å². The average Bonchev–Trinajstić information content (AvgIpc) is 4.05. The second-order valence-corrected chi connectivity index (χ2v) is 16.1. The molecule has 5 nitrogen and oxygen atoms in total. The molecule has 0 radical (unpaired) electrons. The second kappa shape index (κ2) is 14.0. The van der Waals surface area contributed by atoms with Crippen LogP contribution in [0.2, 0.25) is 0 Å². The van der Waals surface area contributed by atoms with Crippen LogP contribution < -0.4 is 0 Å². The van der Waals surface area contributed by atoms with Crippen molar-refractivity contribution in [1.29, 1.82) is 0 Å². The minimum atomic E-state index is 0.650. The Morgan fingerprint density at radius 3 is 1.41 bits per heavy atom. The number of nitrogens with zero attached hydrogens (tertiary/aromatic N) is 2. The van der Waals surface area contributed by atoms with Crippen LogP contribution in [0.1, 0.15) is 0 Å². The smallest absolute Gasteiger partial charge is 0.160 e. The SMILES string of the molecule is c1ccc(-c2nc(-c3cccc(-c4ccc5oc6ccccc6c5c4)c3)cc(-c3cc(-c4ccc5oc6ccccc6c5c4)cc(-c4cccc5c4oc4ccccc45)c3)n2)cc1. The molecule has 4 aromatic heterocycles. The third kappa shape index (κ3) is 5.93. The summed E-state index contributed by atoms with van der Waals surface area (Å²) in [6, 6.07) is 71.6. The van der Waals surface area contributed by atoms with E-state index in [4.69, 9.17) is 23.2 Å². The third-order valence-electron chi connectivity index (χ3n) is 12.3. The van der Waals surface area contributed by atoms with Crippen molar-refractivity contribution in [3.05, 3.63) is 206 Å². The van der Waals surface area contributed by atoms with E-state index in [0.717, 1.165) is 127 Å². The summed E-state index contributed by atoms with van der Waals surface area (Å²) in [5.41, 5.74) is 16.1. The van der Waals surface area contributed by atoms with Crippen molar-refractivity contribution in [3.63, 3.8) is 0 Å². The molecule has 0 saturated carbocycles. The van der Waals surface area contributed by atoms with Gasteiger partial charge in [-0.1, -0.05) is 133 Å². The molecular formula is C58H34N2O3. The lowest BCUT2D eigenvalue weighted by atomic mass is 9.93. The van der Waals surface area contributed by atoms with Gasteiger partial charge in [-0.15, -0.1) is 0 Å². The maximum absolute atomic E-state index is 6.62. The number of hydrogen-bond acceptors (Lipinski definition) is 5.